The van der Waals surface area contributed by atoms with E-state index in [9.17, 15) is 14.0 Å². The summed E-state index contributed by atoms with van der Waals surface area (Å²) in [7, 11) is 1.48. The summed E-state index contributed by atoms with van der Waals surface area (Å²) < 4.78 is 15.8. The molecule has 1 heterocycles. The number of aliphatic hydroxyl groups excluding tert-OH is 1. The number of carbonyl (C=O) groups excluding carboxylic acids is 1. The standard InChI is InChI=1S/C16H20FN3O4/c1-16(17)8-4-3-5-12(16)18-14-11(6-7-13(22)20(14)2)15(23)19-24-10-9-21/h3-8,12,18,21H,9-10H2,1-2H3,(H,19,23). The molecule has 130 valence electrons. The first-order valence-corrected chi connectivity index (χ1v) is 7.41. The number of amides is 1. The minimum atomic E-state index is -1.68. The number of anilines is 1. The van der Waals surface area contributed by atoms with Gasteiger partial charge in [-0.05, 0) is 19.1 Å². The monoisotopic (exact) mass is 337 g/mol. The van der Waals surface area contributed by atoms with Gasteiger partial charge in [-0.15, -0.1) is 0 Å². The maximum Gasteiger partial charge on any atom is 0.278 e. The highest BCUT2D eigenvalue weighted by molar-refractivity contribution is 5.98. The lowest BCUT2D eigenvalue weighted by Crippen LogP contribution is -2.41. The van der Waals surface area contributed by atoms with E-state index in [1.807, 2.05) is 0 Å². The van der Waals surface area contributed by atoms with Crippen molar-refractivity contribution in [3.63, 3.8) is 0 Å². The van der Waals surface area contributed by atoms with Gasteiger partial charge in [0.2, 0.25) is 0 Å². The van der Waals surface area contributed by atoms with Crippen LogP contribution in [0.5, 0.6) is 0 Å². The molecule has 0 saturated carbocycles. The van der Waals surface area contributed by atoms with Gasteiger partial charge in [-0.25, -0.2) is 9.87 Å². The Labute approximate surface area is 138 Å². The number of halogens is 1. The molecular weight excluding hydrogens is 317 g/mol. The second kappa shape index (κ2) is 7.41. The lowest BCUT2D eigenvalue weighted by Gasteiger charge is -2.30. The van der Waals surface area contributed by atoms with E-state index >= 15 is 0 Å². The summed E-state index contributed by atoms with van der Waals surface area (Å²) in [5, 5.41) is 11.6. The number of allylic oxidation sites excluding steroid dienone is 2. The molecule has 1 aliphatic rings. The predicted molar refractivity (Wildman–Crippen MR) is 87.4 cm³/mol. The fourth-order valence-corrected chi connectivity index (χ4v) is 2.26. The first-order chi connectivity index (χ1) is 11.4. The molecule has 2 atom stereocenters. The fourth-order valence-electron chi connectivity index (χ4n) is 2.26. The summed E-state index contributed by atoms with van der Waals surface area (Å²) in [5.74, 6) is -0.445. The number of rotatable bonds is 6. The van der Waals surface area contributed by atoms with Gasteiger partial charge in [-0.1, -0.05) is 18.2 Å². The number of hydrogen-bond acceptors (Lipinski definition) is 5. The number of hydroxylamine groups is 1. The Kier molecular flexibility index (Phi) is 5.53. The molecule has 1 aliphatic carbocycles. The van der Waals surface area contributed by atoms with Gasteiger partial charge < -0.3 is 10.4 Å². The third kappa shape index (κ3) is 3.90. The van der Waals surface area contributed by atoms with Crippen LogP contribution in [0.2, 0.25) is 0 Å². The molecule has 0 aliphatic heterocycles. The van der Waals surface area contributed by atoms with Crippen LogP contribution in [0.15, 0.2) is 41.2 Å². The van der Waals surface area contributed by atoms with Crippen molar-refractivity contribution in [1.82, 2.24) is 10.0 Å². The SMILES string of the molecule is Cn1c(NC2C=CC=CC2(C)F)c(C(=O)NOCCO)ccc1=O. The van der Waals surface area contributed by atoms with Crippen LogP contribution in [0.4, 0.5) is 10.2 Å². The molecule has 0 bridgehead atoms. The van der Waals surface area contributed by atoms with Gasteiger partial charge >= 0.3 is 0 Å². The molecule has 0 fully saturated rings. The van der Waals surface area contributed by atoms with Gasteiger partial charge in [0.15, 0.2) is 0 Å². The summed E-state index contributed by atoms with van der Waals surface area (Å²) in [6, 6.07) is 1.82. The molecule has 1 aromatic rings. The molecule has 0 spiro atoms. The zero-order valence-corrected chi connectivity index (χ0v) is 13.5. The van der Waals surface area contributed by atoms with Gasteiger partial charge in [0.25, 0.3) is 11.5 Å². The van der Waals surface area contributed by atoms with E-state index in [0.717, 1.165) is 0 Å². The Bertz CT molecular complexity index is 725. The number of nitrogens with one attached hydrogen (secondary N) is 2. The van der Waals surface area contributed by atoms with Crippen molar-refractivity contribution in [3.8, 4) is 0 Å². The number of nitrogens with zero attached hydrogens (tertiary/aromatic N) is 1. The molecule has 0 radical (unpaired) electrons. The molecule has 0 saturated heterocycles. The predicted octanol–water partition coefficient (Wildman–Crippen LogP) is 0.674. The number of aromatic nitrogens is 1. The first kappa shape index (κ1) is 17.9. The zero-order chi connectivity index (χ0) is 17.7. The summed E-state index contributed by atoms with van der Waals surface area (Å²) >= 11 is 0. The average molecular weight is 337 g/mol. The molecule has 1 aromatic heterocycles. The van der Waals surface area contributed by atoms with Crippen LogP contribution in [0, 0.1) is 0 Å². The third-order valence-corrected chi connectivity index (χ3v) is 3.65. The van der Waals surface area contributed by atoms with Gasteiger partial charge in [-0.3, -0.25) is 19.0 Å². The van der Waals surface area contributed by atoms with Crippen molar-refractivity contribution in [3.05, 3.63) is 52.4 Å². The highest BCUT2D eigenvalue weighted by Crippen LogP contribution is 2.26. The third-order valence-electron chi connectivity index (χ3n) is 3.65. The number of aliphatic hydroxyl groups is 1. The van der Waals surface area contributed by atoms with E-state index in [1.54, 1.807) is 18.2 Å². The van der Waals surface area contributed by atoms with Crippen molar-refractivity contribution in [1.29, 1.82) is 0 Å². The molecule has 7 nitrogen and oxygen atoms in total. The smallest absolute Gasteiger partial charge is 0.278 e. The normalized spacial score (nSPS) is 22.4. The lowest BCUT2D eigenvalue weighted by atomic mass is 9.93. The Morgan fingerprint density at radius 2 is 2.21 bits per heavy atom. The summed E-state index contributed by atoms with van der Waals surface area (Å²) in [6.07, 6.45) is 6.29. The van der Waals surface area contributed by atoms with Crippen molar-refractivity contribution in [2.45, 2.75) is 18.6 Å². The molecule has 24 heavy (non-hydrogen) atoms. The van der Waals surface area contributed by atoms with E-state index in [2.05, 4.69) is 10.8 Å². The number of pyridine rings is 1. The average Bonchev–Trinajstić information content (AvgIpc) is 2.53. The van der Waals surface area contributed by atoms with Crippen LogP contribution < -0.4 is 16.4 Å². The molecule has 2 rings (SSSR count). The minimum absolute atomic E-state index is 0.0705. The van der Waals surface area contributed by atoms with E-state index in [-0.39, 0.29) is 30.2 Å². The van der Waals surface area contributed by atoms with Crippen molar-refractivity contribution in [2.24, 2.45) is 7.05 Å². The highest BCUT2D eigenvalue weighted by atomic mass is 19.1. The van der Waals surface area contributed by atoms with Crippen molar-refractivity contribution < 1.29 is 19.1 Å². The summed E-state index contributed by atoms with van der Waals surface area (Å²) in [6.45, 7) is 1.08. The van der Waals surface area contributed by atoms with E-state index in [4.69, 9.17) is 9.94 Å². The number of carbonyl (C=O) groups is 1. The van der Waals surface area contributed by atoms with Crippen LogP contribution in [-0.2, 0) is 11.9 Å². The first-order valence-electron chi connectivity index (χ1n) is 7.41. The Morgan fingerprint density at radius 1 is 1.46 bits per heavy atom. The molecule has 2 unspecified atom stereocenters. The van der Waals surface area contributed by atoms with Gasteiger partial charge in [0.1, 0.15) is 11.5 Å². The fraction of sp³-hybridized carbons (Fsp3) is 0.375. The second-order valence-electron chi connectivity index (χ2n) is 5.51. The maximum absolute atomic E-state index is 14.6. The largest absolute Gasteiger partial charge is 0.394 e. The van der Waals surface area contributed by atoms with Gasteiger partial charge in [-0.2, -0.15) is 0 Å². The Balaban J connectivity index is 2.32. The van der Waals surface area contributed by atoms with Crippen LogP contribution >= 0.6 is 0 Å². The number of alkyl halides is 1. The van der Waals surface area contributed by atoms with E-state index < -0.39 is 17.6 Å². The molecule has 1 amide bonds. The van der Waals surface area contributed by atoms with Crippen LogP contribution in [0.1, 0.15) is 17.3 Å². The van der Waals surface area contributed by atoms with Crippen LogP contribution in [-0.4, -0.2) is 40.5 Å². The van der Waals surface area contributed by atoms with E-state index in [1.165, 1.54) is 36.7 Å². The van der Waals surface area contributed by atoms with E-state index in [0.29, 0.717) is 0 Å². The number of hydrogen-bond donors (Lipinski definition) is 3. The van der Waals surface area contributed by atoms with Crippen molar-refractivity contribution in [2.75, 3.05) is 18.5 Å². The van der Waals surface area contributed by atoms with Gasteiger partial charge in [0, 0.05) is 13.1 Å². The van der Waals surface area contributed by atoms with Gasteiger partial charge in [0.05, 0.1) is 24.8 Å². The minimum Gasteiger partial charge on any atom is -0.394 e. The van der Waals surface area contributed by atoms with Crippen molar-refractivity contribution >= 4 is 11.7 Å². The molecule has 3 N–H and O–H groups in total. The zero-order valence-electron chi connectivity index (χ0n) is 13.5. The summed E-state index contributed by atoms with van der Waals surface area (Å²) in [5.41, 5.74) is 0.259. The Hall–Kier alpha value is -2.45. The summed E-state index contributed by atoms with van der Waals surface area (Å²) in [4.78, 5) is 28.9. The Morgan fingerprint density at radius 3 is 2.88 bits per heavy atom. The van der Waals surface area contributed by atoms with Crippen LogP contribution in [0.3, 0.4) is 0 Å². The molecule has 0 aromatic carbocycles. The topological polar surface area (TPSA) is 92.6 Å². The maximum atomic E-state index is 14.6. The molecular formula is C16H20FN3O4. The second-order valence-corrected chi connectivity index (χ2v) is 5.51. The molecule has 8 heteroatoms. The van der Waals surface area contributed by atoms with Crippen LogP contribution in [0.25, 0.3) is 0 Å². The quantitative estimate of drug-likeness (QED) is 0.524. The highest BCUT2D eigenvalue weighted by Gasteiger charge is 2.32. The lowest BCUT2D eigenvalue weighted by molar-refractivity contribution is 0.0168.